The van der Waals surface area contributed by atoms with Gasteiger partial charge in [-0.3, -0.25) is 13.5 Å². The number of imidazole rings is 3. The zero-order chi connectivity index (χ0) is 30.8. The minimum Gasteiger partial charge on any atom is -0.455 e. The highest BCUT2D eigenvalue weighted by Crippen LogP contribution is 2.37. The van der Waals surface area contributed by atoms with Gasteiger partial charge >= 0.3 is 0 Å². The van der Waals surface area contributed by atoms with Gasteiger partial charge in [0.05, 0.1) is 33.3 Å². The second kappa shape index (κ2) is 10.2. The molecule has 6 aromatic carbocycles. The van der Waals surface area contributed by atoms with Crippen molar-refractivity contribution in [1.29, 1.82) is 0 Å². The maximum Gasteiger partial charge on any atom is 0.220 e. The monoisotopic (exact) mass is 595 g/mol. The summed E-state index contributed by atoms with van der Waals surface area (Å²) >= 11 is 0. The van der Waals surface area contributed by atoms with Gasteiger partial charge in [-0.1, -0.05) is 78.9 Å². The zero-order valence-corrected chi connectivity index (χ0v) is 25.4. The predicted octanol–water partition coefficient (Wildman–Crippen LogP) is 9.85. The summed E-state index contributed by atoms with van der Waals surface area (Å²) in [6.07, 6.45) is 0. The van der Waals surface area contributed by atoms with Crippen LogP contribution in [0.1, 0.15) is 11.1 Å². The summed E-state index contributed by atoms with van der Waals surface area (Å²) < 4.78 is 13.4. The molecule has 6 heteroatoms. The minimum atomic E-state index is 0.699. The van der Waals surface area contributed by atoms with Crippen LogP contribution in [0, 0.1) is 13.8 Å². The first kappa shape index (κ1) is 26.3. The van der Waals surface area contributed by atoms with Crippen LogP contribution in [0.2, 0.25) is 0 Å². The van der Waals surface area contributed by atoms with Crippen LogP contribution in [0.15, 0.2) is 140 Å². The van der Waals surface area contributed by atoms with Crippen LogP contribution in [0.5, 0.6) is 11.5 Å². The minimum absolute atomic E-state index is 0.699. The molecule has 0 fully saturated rings. The van der Waals surface area contributed by atoms with Crippen molar-refractivity contribution < 1.29 is 4.74 Å². The largest absolute Gasteiger partial charge is 0.455 e. The number of aromatic nitrogens is 5. The molecule has 6 nitrogen and oxygen atoms in total. The molecule has 0 amide bonds. The molecule has 0 bridgehead atoms. The third-order valence-electron chi connectivity index (χ3n) is 8.75. The van der Waals surface area contributed by atoms with Crippen LogP contribution >= 0.6 is 0 Å². The van der Waals surface area contributed by atoms with Gasteiger partial charge < -0.3 is 4.74 Å². The van der Waals surface area contributed by atoms with E-state index in [4.69, 9.17) is 14.7 Å². The number of para-hydroxylation sites is 7. The van der Waals surface area contributed by atoms with E-state index >= 15 is 0 Å². The molecule has 220 valence electrons. The van der Waals surface area contributed by atoms with Gasteiger partial charge in [0.25, 0.3) is 0 Å². The van der Waals surface area contributed by atoms with E-state index in [1.54, 1.807) is 0 Å². The number of benzene rings is 6. The van der Waals surface area contributed by atoms with Crippen LogP contribution < -0.4 is 4.74 Å². The number of hydrogen-bond acceptors (Lipinski definition) is 3. The zero-order valence-electron chi connectivity index (χ0n) is 25.4. The molecular weight excluding hydrogens is 566 g/mol. The Bertz CT molecular complexity index is 2570. The second-order valence-electron chi connectivity index (χ2n) is 11.7. The average Bonchev–Trinajstić information content (AvgIpc) is 3.75. The molecule has 9 rings (SSSR count). The summed E-state index contributed by atoms with van der Waals surface area (Å²) in [6.45, 7) is 4.31. The topological polar surface area (TPSA) is 49.3 Å². The van der Waals surface area contributed by atoms with Crippen molar-refractivity contribution in [2.75, 3.05) is 0 Å². The van der Waals surface area contributed by atoms with Gasteiger partial charge in [-0.15, -0.1) is 0 Å². The van der Waals surface area contributed by atoms with Gasteiger partial charge in [-0.05, 0) is 85.6 Å². The highest BCUT2D eigenvalue weighted by atomic mass is 16.5. The molecule has 0 unspecified atom stereocenters. The van der Waals surface area contributed by atoms with Crippen LogP contribution in [0.3, 0.4) is 0 Å². The third-order valence-corrected chi connectivity index (χ3v) is 8.75. The van der Waals surface area contributed by atoms with Crippen molar-refractivity contribution >= 4 is 38.9 Å². The molecule has 0 N–H and O–H groups in total. The van der Waals surface area contributed by atoms with E-state index in [-0.39, 0.29) is 0 Å². The molecule has 0 saturated carbocycles. The Morgan fingerprint density at radius 1 is 0.543 bits per heavy atom. The highest BCUT2D eigenvalue weighted by Gasteiger charge is 2.20. The fourth-order valence-electron chi connectivity index (χ4n) is 6.74. The molecule has 9 aromatic rings. The van der Waals surface area contributed by atoms with E-state index in [0.717, 1.165) is 67.4 Å². The Balaban J connectivity index is 1.19. The van der Waals surface area contributed by atoms with Crippen molar-refractivity contribution in [3.05, 3.63) is 151 Å². The normalized spacial score (nSPS) is 11.7. The van der Waals surface area contributed by atoms with Gasteiger partial charge in [-0.25, -0.2) is 9.97 Å². The van der Waals surface area contributed by atoms with E-state index in [9.17, 15) is 0 Å². The first-order valence-electron chi connectivity index (χ1n) is 15.4. The summed E-state index contributed by atoms with van der Waals surface area (Å²) in [5.74, 6) is 3.14. The molecule has 0 aliphatic carbocycles. The van der Waals surface area contributed by atoms with Crippen molar-refractivity contribution in [2.24, 2.45) is 0 Å². The molecule has 0 saturated heterocycles. The predicted molar refractivity (Wildman–Crippen MR) is 186 cm³/mol. The standard InChI is InChI=1S/C40H29N5O/c1-26-13-10-14-27(2)38(26)45-32-20-7-6-19-31(32)41-39(45)28-15-11-18-30(25-28)46-36-24-12-23-35-37(36)42-40-43(29-16-4-3-5-17-29)33-21-8-9-22-34(33)44(35)40/h3-25H,1-2H3. The first-order valence-corrected chi connectivity index (χ1v) is 15.4. The summed E-state index contributed by atoms with van der Waals surface area (Å²) in [5, 5.41) is 0. The molecule has 3 heterocycles. The Hall–Kier alpha value is -6.14. The Morgan fingerprint density at radius 2 is 1.22 bits per heavy atom. The molecule has 46 heavy (non-hydrogen) atoms. The third kappa shape index (κ3) is 3.97. The van der Waals surface area contributed by atoms with E-state index in [0.29, 0.717) is 5.75 Å². The maximum absolute atomic E-state index is 6.66. The van der Waals surface area contributed by atoms with Crippen molar-refractivity contribution in [3.63, 3.8) is 0 Å². The van der Waals surface area contributed by atoms with Crippen molar-refractivity contribution in [1.82, 2.24) is 23.5 Å². The molecule has 0 spiro atoms. The van der Waals surface area contributed by atoms with E-state index < -0.39 is 0 Å². The quantitative estimate of drug-likeness (QED) is 0.199. The molecule has 0 atom stereocenters. The Labute approximate surface area is 265 Å². The first-order chi connectivity index (χ1) is 22.7. The summed E-state index contributed by atoms with van der Waals surface area (Å²) in [7, 11) is 0. The van der Waals surface area contributed by atoms with Crippen LogP contribution in [0.4, 0.5) is 0 Å². The van der Waals surface area contributed by atoms with E-state index in [1.165, 1.54) is 11.1 Å². The van der Waals surface area contributed by atoms with E-state index in [2.05, 4.69) is 131 Å². The number of nitrogens with zero attached hydrogens (tertiary/aromatic N) is 5. The van der Waals surface area contributed by atoms with Crippen LogP contribution in [-0.2, 0) is 0 Å². The number of aryl methyl sites for hydroxylation is 2. The van der Waals surface area contributed by atoms with E-state index in [1.807, 2.05) is 36.4 Å². The number of rotatable bonds is 5. The molecular formula is C40H29N5O. The lowest BCUT2D eigenvalue weighted by molar-refractivity contribution is 0.487. The van der Waals surface area contributed by atoms with Crippen molar-refractivity contribution in [3.8, 4) is 34.3 Å². The molecule has 0 aliphatic heterocycles. The SMILES string of the molecule is Cc1cccc(C)c1-n1c(-c2cccc(Oc3cccc4c3nc3n(-c5ccccc5)c5ccccc5n43)c2)nc2ccccc21. The lowest BCUT2D eigenvalue weighted by Gasteiger charge is -2.16. The van der Waals surface area contributed by atoms with Gasteiger partial charge in [-0.2, -0.15) is 0 Å². The van der Waals surface area contributed by atoms with Crippen LogP contribution in [-0.4, -0.2) is 23.5 Å². The van der Waals surface area contributed by atoms with Crippen molar-refractivity contribution in [2.45, 2.75) is 13.8 Å². The van der Waals surface area contributed by atoms with Gasteiger partial charge in [0, 0.05) is 11.3 Å². The smallest absolute Gasteiger partial charge is 0.220 e. The average molecular weight is 596 g/mol. The summed E-state index contributed by atoms with van der Waals surface area (Å²) in [4.78, 5) is 10.3. The number of ether oxygens (including phenoxy) is 1. The lowest BCUT2D eigenvalue weighted by Crippen LogP contribution is -2.02. The van der Waals surface area contributed by atoms with Gasteiger partial charge in [0.2, 0.25) is 5.78 Å². The Morgan fingerprint density at radius 3 is 2.04 bits per heavy atom. The van der Waals surface area contributed by atoms with Crippen LogP contribution in [0.25, 0.3) is 61.6 Å². The number of hydrogen-bond donors (Lipinski definition) is 0. The molecule has 0 aliphatic rings. The summed E-state index contributed by atoms with van der Waals surface area (Å²) in [6, 6.07) is 47.8. The fraction of sp³-hybridized carbons (Fsp3) is 0.0500. The maximum atomic E-state index is 6.66. The van der Waals surface area contributed by atoms with Gasteiger partial charge in [0.15, 0.2) is 5.75 Å². The summed E-state index contributed by atoms with van der Waals surface area (Å²) in [5.41, 5.74) is 11.6. The van der Waals surface area contributed by atoms with Gasteiger partial charge in [0.1, 0.15) is 17.1 Å². The second-order valence-corrected chi connectivity index (χ2v) is 11.7. The Kier molecular flexibility index (Phi) is 5.83. The fourth-order valence-corrected chi connectivity index (χ4v) is 6.74. The molecule has 0 radical (unpaired) electrons. The lowest BCUT2D eigenvalue weighted by atomic mass is 10.1. The molecule has 3 aromatic heterocycles. The number of fused-ring (bicyclic) bond motifs is 6. The highest BCUT2D eigenvalue weighted by molar-refractivity contribution is 5.94.